The van der Waals surface area contributed by atoms with Crippen LogP contribution in [0.4, 0.5) is 0 Å². The third kappa shape index (κ3) is 2.61. The van der Waals surface area contributed by atoms with Crippen LogP contribution in [-0.4, -0.2) is 5.11 Å². The maximum atomic E-state index is 10.2. The Balaban J connectivity index is 1.90. The topological polar surface area (TPSA) is 20.2 Å². The molecule has 1 aromatic rings. The van der Waals surface area contributed by atoms with Crippen molar-refractivity contribution in [2.24, 2.45) is 11.8 Å². The molecule has 2 heteroatoms. The molecule has 1 nitrogen and oxygen atoms in total. The SMILES string of the molecule is CCC1CCC(C(O)c2cccs2)CC1. The van der Waals surface area contributed by atoms with E-state index in [0.29, 0.717) is 5.92 Å². The van der Waals surface area contributed by atoms with E-state index in [0.717, 1.165) is 10.8 Å². The van der Waals surface area contributed by atoms with E-state index in [-0.39, 0.29) is 6.10 Å². The maximum Gasteiger partial charge on any atom is 0.0909 e. The summed E-state index contributed by atoms with van der Waals surface area (Å²) in [6, 6.07) is 4.09. The van der Waals surface area contributed by atoms with E-state index in [1.165, 1.54) is 32.1 Å². The summed E-state index contributed by atoms with van der Waals surface area (Å²) in [7, 11) is 0. The molecular formula is C13H20OS. The molecule has 0 amide bonds. The first-order valence-electron chi connectivity index (χ1n) is 6.02. The highest BCUT2D eigenvalue weighted by atomic mass is 32.1. The third-order valence-electron chi connectivity index (χ3n) is 3.75. The second-order valence-corrected chi connectivity index (χ2v) is 5.63. The Labute approximate surface area is 96.1 Å². The summed E-state index contributed by atoms with van der Waals surface area (Å²) in [5.74, 6) is 1.42. The van der Waals surface area contributed by atoms with Crippen molar-refractivity contribution in [3.8, 4) is 0 Å². The number of rotatable bonds is 3. The number of aliphatic hydroxyl groups is 1. The van der Waals surface area contributed by atoms with E-state index in [9.17, 15) is 5.11 Å². The van der Waals surface area contributed by atoms with Crippen LogP contribution < -0.4 is 0 Å². The summed E-state index contributed by atoms with van der Waals surface area (Å²) in [4.78, 5) is 1.15. The van der Waals surface area contributed by atoms with Crippen LogP contribution >= 0.6 is 11.3 Å². The smallest absolute Gasteiger partial charge is 0.0909 e. The van der Waals surface area contributed by atoms with Crippen molar-refractivity contribution >= 4 is 11.3 Å². The molecule has 1 saturated carbocycles. The van der Waals surface area contributed by atoms with E-state index >= 15 is 0 Å². The van der Waals surface area contributed by atoms with Gasteiger partial charge in [0.15, 0.2) is 0 Å². The first-order chi connectivity index (χ1) is 7.31. The number of aliphatic hydroxyl groups excluding tert-OH is 1. The normalized spacial score (nSPS) is 28.9. The highest BCUT2D eigenvalue weighted by Gasteiger charge is 2.26. The van der Waals surface area contributed by atoms with Crippen LogP contribution in [-0.2, 0) is 0 Å². The van der Waals surface area contributed by atoms with Gasteiger partial charge in [-0.1, -0.05) is 32.3 Å². The zero-order valence-corrected chi connectivity index (χ0v) is 10.2. The van der Waals surface area contributed by atoms with E-state index in [1.54, 1.807) is 11.3 Å². The van der Waals surface area contributed by atoms with Gasteiger partial charge in [0, 0.05) is 4.88 Å². The zero-order chi connectivity index (χ0) is 10.7. The summed E-state index contributed by atoms with van der Waals surface area (Å²) >= 11 is 1.68. The van der Waals surface area contributed by atoms with Crippen molar-refractivity contribution in [3.05, 3.63) is 22.4 Å². The second-order valence-electron chi connectivity index (χ2n) is 4.65. The van der Waals surface area contributed by atoms with E-state index in [2.05, 4.69) is 18.4 Å². The molecule has 1 aliphatic carbocycles. The predicted octanol–water partition coefficient (Wildman–Crippen LogP) is 4.00. The van der Waals surface area contributed by atoms with Crippen molar-refractivity contribution in [3.63, 3.8) is 0 Å². The Morgan fingerprint density at radius 3 is 2.67 bits per heavy atom. The molecule has 1 heterocycles. The largest absolute Gasteiger partial charge is 0.387 e. The van der Waals surface area contributed by atoms with Crippen molar-refractivity contribution in [2.45, 2.75) is 45.1 Å². The summed E-state index contributed by atoms with van der Waals surface area (Å²) < 4.78 is 0. The fourth-order valence-electron chi connectivity index (χ4n) is 2.60. The van der Waals surface area contributed by atoms with Crippen LogP contribution in [0.3, 0.4) is 0 Å². The standard InChI is InChI=1S/C13H20OS/c1-2-10-5-7-11(8-6-10)13(14)12-4-3-9-15-12/h3-4,9-11,13-14H,2,5-8H2,1H3. The van der Waals surface area contributed by atoms with Gasteiger partial charge >= 0.3 is 0 Å². The van der Waals surface area contributed by atoms with Gasteiger partial charge in [0.2, 0.25) is 0 Å². The quantitative estimate of drug-likeness (QED) is 0.823. The van der Waals surface area contributed by atoms with Gasteiger partial charge in [-0.3, -0.25) is 0 Å². The second kappa shape index (κ2) is 5.13. The van der Waals surface area contributed by atoms with E-state index in [1.807, 2.05) is 6.07 Å². The minimum Gasteiger partial charge on any atom is -0.387 e. The zero-order valence-electron chi connectivity index (χ0n) is 9.36. The molecule has 1 aromatic heterocycles. The molecule has 0 spiro atoms. The molecule has 15 heavy (non-hydrogen) atoms. The Kier molecular flexibility index (Phi) is 3.81. The molecule has 1 N–H and O–H groups in total. The highest BCUT2D eigenvalue weighted by Crippen LogP contribution is 2.38. The van der Waals surface area contributed by atoms with Gasteiger partial charge in [-0.2, -0.15) is 0 Å². The van der Waals surface area contributed by atoms with Gasteiger partial charge in [0.05, 0.1) is 6.10 Å². The molecule has 0 aromatic carbocycles. The van der Waals surface area contributed by atoms with Gasteiger partial charge in [-0.15, -0.1) is 11.3 Å². The van der Waals surface area contributed by atoms with E-state index in [4.69, 9.17) is 0 Å². The van der Waals surface area contributed by atoms with Crippen LogP contribution in [0.2, 0.25) is 0 Å². The molecule has 84 valence electrons. The lowest BCUT2D eigenvalue weighted by atomic mass is 9.78. The lowest BCUT2D eigenvalue weighted by Gasteiger charge is -2.30. The monoisotopic (exact) mass is 224 g/mol. The van der Waals surface area contributed by atoms with Gasteiger partial charge in [0.25, 0.3) is 0 Å². The Morgan fingerprint density at radius 2 is 2.13 bits per heavy atom. The van der Waals surface area contributed by atoms with E-state index < -0.39 is 0 Å². The Morgan fingerprint density at radius 1 is 1.40 bits per heavy atom. The molecule has 1 unspecified atom stereocenters. The summed E-state index contributed by atoms with van der Waals surface area (Å²) in [5, 5.41) is 12.3. The van der Waals surface area contributed by atoms with Crippen LogP contribution in [0, 0.1) is 11.8 Å². The average Bonchev–Trinajstić information content (AvgIpc) is 2.82. The van der Waals surface area contributed by atoms with Crippen LogP contribution in [0.5, 0.6) is 0 Å². The number of hydrogen-bond acceptors (Lipinski definition) is 2. The Hall–Kier alpha value is -0.340. The minimum atomic E-state index is -0.206. The number of thiophene rings is 1. The van der Waals surface area contributed by atoms with Crippen molar-refractivity contribution in [2.75, 3.05) is 0 Å². The first-order valence-corrected chi connectivity index (χ1v) is 6.90. The maximum absolute atomic E-state index is 10.2. The lowest BCUT2D eigenvalue weighted by molar-refractivity contribution is 0.0757. The summed E-state index contributed by atoms with van der Waals surface area (Å²) in [6.07, 6.45) is 6.13. The molecule has 0 bridgehead atoms. The number of hydrogen-bond donors (Lipinski definition) is 1. The predicted molar refractivity (Wildman–Crippen MR) is 65.0 cm³/mol. The Bertz CT molecular complexity index is 273. The van der Waals surface area contributed by atoms with Crippen molar-refractivity contribution in [1.29, 1.82) is 0 Å². The van der Waals surface area contributed by atoms with Crippen LogP contribution in [0.1, 0.15) is 50.0 Å². The average molecular weight is 224 g/mol. The summed E-state index contributed by atoms with van der Waals surface area (Å²) in [6.45, 7) is 2.28. The fraction of sp³-hybridized carbons (Fsp3) is 0.692. The van der Waals surface area contributed by atoms with Crippen molar-refractivity contribution in [1.82, 2.24) is 0 Å². The highest BCUT2D eigenvalue weighted by molar-refractivity contribution is 7.10. The molecule has 2 rings (SSSR count). The van der Waals surface area contributed by atoms with Gasteiger partial charge in [-0.25, -0.2) is 0 Å². The molecule has 1 fully saturated rings. The fourth-order valence-corrected chi connectivity index (χ4v) is 3.41. The van der Waals surface area contributed by atoms with Gasteiger partial charge in [-0.05, 0) is 36.1 Å². The van der Waals surface area contributed by atoms with Gasteiger partial charge in [0.1, 0.15) is 0 Å². The molecule has 1 atom stereocenters. The molecule has 0 aliphatic heterocycles. The molecular weight excluding hydrogens is 204 g/mol. The van der Waals surface area contributed by atoms with Crippen LogP contribution in [0.25, 0.3) is 0 Å². The van der Waals surface area contributed by atoms with Crippen molar-refractivity contribution < 1.29 is 5.11 Å². The third-order valence-corrected chi connectivity index (χ3v) is 4.69. The molecule has 1 aliphatic rings. The minimum absolute atomic E-state index is 0.206. The van der Waals surface area contributed by atoms with Crippen LogP contribution in [0.15, 0.2) is 17.5 Å². The summed E-state index contributed by atoms with van der Waals surface area (Å²) in [5.41, 5.74) is 0. The lowest BCUT2D eigenvalue weighted by Crippen LogP contribution is -2.19. The first kappa shape index (κ1) is 11.2. The molecule has 0 saturated heterocycles. The van der Waals surface area contributed by atoms with Gasteiger partial charge < -0.3 is 5.11 Å². The molecule has 0 radical (unpaired) electrons.